The van der Waals surface area contributed by atoms with Gasteiger partial charge >= 0.3 is 0 Å². The fraction of sp³-hybridized carbons (Fsp3) is 0.200. The van der Waals surface area contributed by atoms with Crippen LogP contribution < -0.4 is 5.32 Å². The number of nitrogens with zero attached hydrogens (tertiary/aromatic N) is 5. The van der Waals surface area contributed by atoms with E-state index < -0.39 is 0 Å². The predicted octanol–water partition coefficient (Wildman–Crippen LogP) is 0.278. The van der Waals surface area contributed by atoms with Crippen LogP contribution >= 0.6 is 0 Å². The van der Waals surface area contributed by atoms with Crippen LogP contribution in [-0.2, 0) is 14.1 Å². The number of nitriles is 1. The maximum Gasteiger partial charge on any atom is 0.275 e. The first kappa shape index (κ1) is 10.9. The molecule has 0 bridgehead atoms. The fourth-order valence-electron chi connectivity index (χ4n) is 1.41. The largest absolute Gasteiger partial charge is 0.330 e. The first-order chi connectivity index (χ1) is 8.11. The van der Waals surface area contributed by atoms with Gasteiger partial charge in [-0.25, -0.2) is 4.98 Å². The van der Waals surface area contributed by atoms with Gasteiger partial charge in [0.1, 0.15) is 17.3 Å². The van der Waals surface area contributed by atoms with Gasteiger partial charge in [-0.1, -0.05) is 0 Å². The second-order valence-corrected chi connectivity index (χ2v) is 3.52. The molecular formula is C10H10N6O. The Morgan fingerprint density at radius 1 is 1.53 bits per heavy atom. The second-order valence-electron chi connectivity index (χ2n) is 3.52. The SMILES string of the molecule is Cn1cc(C#N)c(NC(=O)c2cncn2C)n1. The van der Waals surface area contributed by atoms with E-state index in [0.29, 0.717) is 11.3 Å². The van der Waals surface area contributed by atoms with E-state index in [-0.39, 0.29) is 11.7 Å². The van der Waals surface area contributed by atoms with Crippen molar-refractivity contribution in [3.63, 3.8) is 0 Å². The lowest BCUT2D eigenvalue weighted by atomic mass is 10.3. The predicted molar refractivity (Wildman–Crippen MR) is 59.1 cm³/mol. The number of hydrogen-bond acceptors (Lipinski definition) is 4. The van der Waals surface area contributed by atoms with Gasteiger partial charge in [0.25, 0.3) is 5.91 Å². The molecule has 1 N–H and O–H groups in total. The highest BCUT2D eigenvalue weighted by molar-refractivity contribution is 6.02. The van der Waals surface area contributed by atoms with Crippen LogP contribution in [0.25, 0.3) is 0 Å². The van der Waals surface area contributed by atoms with E-state index in [0.717, 1.165) is 0 Å². The summed E-state index contributed by atoms with van der Waals surface area (Å²) in [5, 5.41) is 15.4. The van der Waals surface area contributed by atoms with Gasteiger partial charge in [0.2, 0.25) is 0 Å². The number of nitrogens with one attached hydrogen (secondary N) is 1. The van der Waals surface area contributed by atoms with Crippen LogP contribution in [0.4, 0.5) is 5.82 Å². The number of carbonyl (C=O) groups is 1. The van der Waals surface area contributed by atoms with Crippen molar-refractivity contribution >= 4 is 11.7 Å². The third kappa shape index (κ3) is 2.01. The van der Waals surface area contributed by atoms with Crippen LogP contribution in [0.1, 0.15) is 16.1 Å². The maximum absolute atomic E-state index is 11.8. The van der Waals surface area contributed by atoms with Crippen LogP contribution in [0, 0.1) is 11.3 Å². The third-order valence-electron chi connectivity index (χ3n) is 2.23. The Hall–Kier alpha value is -2.62. The molecule has 0 saturated heterocycles. The molecule has 86 valence electrons. The zero-order chi connectivity index (χ0) is 12.4. The van der Waals surface area contributed by atoms with Crippen molar-refractivity contribution in [1.82, 2.24) is 19.3 Å². The van der Waals surface area contributed by atoms with Gasteiger partial charge in [-0.2, -0.15) is 10.4 Å². The summed E-state index contributed by atoms with van der Waals surface area (Å²) in [6.45, 7) is 0. The smallest absolute Gasteiger partial charge is 0.275 e. The number of carbonyl (C=O) groups excluding carboxylic acids is 1. The first-order valence-corrected chi connectivity index (χ1v) is 4.83. The molecule has 0 aromatic carbocycles. The van der Waals surface area contributed by atoms with Crippen LogP contribution in [0.5, 0.6) is 0 Å². The molecule has 0 aliphatic heterocycles. The monoisotopic (exact) mass is 230 g/mol. The van der Waals surface area contributed by atoms with Crippen molar-refractivity contribution < 1.29 is 4.79 Å². The van der Waals surface area contributed by atoms with Gasteiger partial charge in [0.05, 0.1) is 12.5 Å². The molecular weight excluding hydrogens is 220 g/mol. The highest BCUT2D eigenvalue weighted by atomic mass is 16.2. The van der Waals surface area contributed by atoms with Crippen molar-refractivity contribution in [1.29, 1.82) is 5.26 Å². The molecule has 17 heavy (non-hydrogen) atoms. The molecule has 0 unspecified atom stereocenters. The summed E-state index contributed by atoms with van der Waals surface area (Å²) >= 11 is 0. The number of imidazole rings is 1. The second kappa shape index (κ2) is 4.09. The molecule has 0 aliphatic rings. The fourth-order valence-corrected chi connectivity index (χ4v) is 1.41. The summed E-state index contributed by atoms with van der Waals surface area (Å²) in [6.07, 6.45) is 4.52. The molecule has 0 atom stereocenters. The first-order valence-electron chi connectivity index (χ1n) is 4.83. The molecule has 0 radical (unpaired) electrons. The molecule has 2 aromatic heterocycles. The topological polar surface area (TPSA) is 88.5 Å². The van der Waals surface area contributed by atoms with E-state index in [1.807, 2.05) is 6.07 Å². The molecule has 1 amide bonds. The molecule has 0 fully saturated rings. The number of aryl methyl sites for hydroxylation is 2. The quantitative estimate of drug-likeness (QED) is 0.802. The standard InChI is InChI=1S/C10H10N6O/c1-15-6-12-4-8(15)10(17)13-9-7(3-11)5-16(2)14-9/h4-6H,1-2H3,(H,13,14,17). The Morgan fingerprint density at radius 3 is 2.88 bits per heavy atom. The van der Waals surface area contributed by atoms with Crippen molar-refractivity contribution in [2.24, 2.45) is 14.1 Å². The molecule has 2 aromatic rings. The number of amides is 1. The zero-order valence-electron chi connectivity index (χ0n) is 9.38. The zero-order valence-corrected chi connectivity index (χ0v) is 9.38. The van der Waals surface area contributed by atoms with Gasteiger partial charge < -0.3 is 9.88 Å². The number of rotatable bonds is 2. The molecule has 0 saturated carbocycles. The average Bonchev–Trinajstić information content (AvgIpc) is 2.84. The highest BCUT2D eigenvalue weighted by Gasteiger charge is 2.14. The van der Waals surface area contributed by atoms with Gasteiger partial charge in [-0.15, -0.1) is 0 Å². The number of aromatic nitrogens is 4. The van der Waals surface area contributed by atoms with Crippen molar-refractivity contribution in [3.8, 4) is 6.07 Å². The maximum atomic E-state index is 11.8. The van der Waals surface area contributed by atoms with E-state index >= 15 is 0 Å². The Balaban J connectivity index is 2.25. The van der Waals surface area contributed by atoms with Crippen molar-refractivity contribution in [2.75, 3.05) is 5.32 Å². The Bertz CT molecular complexity index is 603. The summed E-state index contributed by atoms with van der Waals surface area (Å²) in [5.41, 5.74) is 0.725. The summed E-state index contributed by atoms with van der Waals surface area (Å²) in [6, 6.07) is 1.96. The molecule has 0 aliphatic carbocycles. The molecule has 0 spiro atoms. The minimum atomic E-state index is -0.347. The lowest BCUT2D eigenvalue weighted by Crippen LogP contribution is -2.16. The third-order valence-corrected chi connectivity index (χ3v) is 2.23. The minimum Gasteiger partial charge on any atom is -0.330 e. The molecule has 7 heteroatoms. The Labute approximate surface area is 97.3 Å². The van der Waals surface area contributed by atoms with E-state index in [2.05, 4.69) is 15.4 Å². The van der Waals surface area contributed by atoms with E-state index in [4.69, 9.17) is 5.26 Å². The number of anilines is 1. The summed E-state index contributed by atoms with van der Waals surface area (Å²) in [5.74, 6) is -0.0959. The Kier molecular flexibility index (Phi) is 2.62. The van der Waals surface area contributed by atoms with Crippen LogP contribution in [0.2, 0.25) is 0 Å². The lowest BCUT2D eigenvalue weighted by Gasteiger charge is -2.02. The van der Waals surface area contributed by atoms with Gasteiger partial charge in [0, 0.05) is 20.3 Å². The van der Waals surface area contributed by atoms with Gasteiger partial charge in [0.15, 0.2) is 5.82 Å². The average molecular weight is 230 g/mol. The van der Waals surface area contributed by atoms with Gasteiger partial charge in [-0.3, -0.25) is 9.48 Å². The number of hydrogen-bond donors (Lipinski definition) is 1. The van der Waals surface area contributed by atoms with E-state index in [1.165, 1.54) is 17.2 Å². The van der Waals surface area contributed by atoms with Crippen molar-refractivity contribution in [2.45, 2.75) is 0 Å². The normalized spacial score (nSPS) is 9.94. The summed E-state index contributed by atoms with van der Waals surface area (Å²) in [7, 11) is 3.39. The highest BCUT2D eigenvalue weighted by Crippen LogP contribution is 2.12. The van der Waals surface area contributed by atoms with E-state index in [1.54, 1.807) is 24.9 Å². The van der Waals surface area contributed by atoms with Crippen LogP contribution in [-0.4, -0.2) is 25.2 Å². The van der Waals surface area contributed by atoms with Crippen LogP contribution in [0.15, 0.2) is 18.7 Å². The molecule has 2 rings (SSSR count). The van der Waals surface area contributed by atoms with E-state index in [9.17, 15) is 4.79 Å². The Morgan fingerprint density at radius 2 is 2.29 bits per heavy atom. The van der Waals surface area contributed by atoms with Gasteiger partial charge in [-0.05, 0) is 0 Å². The lowest BCUT2D eigenvalue weighted by molar-refractivity contribution is 0.101. The van der Waals surface area contributed by atoms with Crippen LogP contribution in [0.3, 0.4) is 0 Å². The minimum absolute atomic E-state index is 0.251. The molecule has 2 heterocycles. The summed E-state index contributed by atoms with van der Waals surface area (Å²) < 4.78 is 3.06. The molecule has 7 nitrogen and oxygen atoms in total. The van der Waals surface area contributed by atoms with Crippen molar-refractivity contribution in [3.05, 3.63) is 30.0 Å². The summed E-state index contributed by atoms with van der Waals surface area (Å²) in [4.78, 5) is 15.7.